The second kappa shape index (κ2) is 15.4. The minimum atomic E-state index is -0.217. The monoisotopic (exact) mass is 618 g/mol. The van der Waals surface area contributed by atoms with Gasteiger partial charge in [0.1, 0.15) is 11.6 Å². The summed E-state index contributed by atoms with van der Waals surface area (Å²) in [7, 11) is 0. The molecule has 1 aliphatic carbocycles. The van der Waals surface area contributed by atoms with Crippen LogP contribution in [0.25, 0.3) is 0 Å². The largest absolute Gasteiger partial charge is 0.329 e. The maximum atomic E-state index is 13.9. The van der Waals surface area contributed by atoms with Crippen LogP contribution in [0, 0.1) is 53.3 Å². The third kappa shape index (κ3) is 7.39. The van der Waals surface area contributed by atoms with Gasteiger partial charge >= 0.3 is 0 Å². The van der Waals surface area contributed by atoms with Crippen LogP contribution in [0.2, 0.25) is 0 Å². The second-order valence-corrected chi connectivity index (χ2v) is 14.8. The maximum Gasteiger partial charge on any atom is 0.231 e. The van der Waals surface area contributed by atoms with Crippen molar-refractivity contribution in [2.75, 3.05) is 0 Å². The standard InChI is InChI=1S/C40H62N2O3/c1-14-17-32(25(8)24(7)30(13)43)22(5)20-35-28(11)37-38(41-35)36(29(12)39(37)44)27(10)33(18-15-2)23(6)21(4)19-34-26(9)31(16-3)40(45)42-34/h16,19,24-29,31,35-38,41H,3-4,14-15,17-18,20H2,1-2,5-13H3,(H,42,45)/b32-22+,33-23-,34-19-. The first-order chi connectivity index (χ1) is 21.1. The predicted molar refractivity (Wildman–Crippen MR) is 187 cm³/mol. The number of fused-ring (bicyclic) bond motifs is 1. The highest BCUT2D eigenvalue weighted by Crippen LogP contribution is 2.50. The highest BCUT2D eigenvalue weighted by atomic mass is 16.2. The SMILES string of the molecule is C=CC1C(=O)N/C(=C\C(=C)/C(C)=C(/CCC)C(C)C2C(C)C(=O)C3C(C)C(C/C(C)=C(\CCC)C(C)C(C)C(C)=O)NC32)C1C. The van der Waals surface area contributed by atoms with Gasteiger partial charge < -0.3 is 10.6 Å². The molecule has 0 spiro atoms. The molecule has 3 aliphatic rings. The lowest BCUT2D eigenvalue weighted by atomic mass is 9.75. The average Bonchev–Trinajstić information content (AvgIpc) is 3.54. The fourth-order valence-corrected chi connectivity index (χ4v) is 8.87. The number of carbonyl (C=O) groups is 3. The van der Waals surface area contributed by atoms with Gasteiger partial charge in [-0.3, -0.25) is 14.4 Å². The highest BCUT2D eigenvalue weighted by molar-refractivity contribution is 5.88. The van der Waals surface area contributed by atoms with Crippen LogP contribution in [-0.4, -0.2) is 29.6 Å². The molecule has 11 unspecified atom stereocenters. The summed E-state index contributed by atoms with van der Waals surface area (Å²) >= 11 is 0. The van der Waals surface area contributed by atoms with E-state index in [9.17, 15) is 14.4 Å². The lowest BCUT2D eigenvalue weighted by molar-refractivity contribution is -0.125. The van der Waals surface area contributed by atoms with Crippen molar-refractivity contribution in [3.05, 3.63) is 58.9 Å². The van der Waals surface area contributed by atoms with Crippen molar-refractivity contribution in [2.24, 2.45) is 53.3 Å². The van der Waals surface area contributed by atoms with Gasteiger partial charge in [-0.2, -0.15) is 0 Å². The lowest BCUT2D eigenvalue weighted by Crippen LogP contribution is -2.40. The fraction of sp³-hybridized carbons (Fsp3) is 0.675. The Balaban J connectivity index is 1.91. The molecule has 5 nitrogen and oxygen atoms in total. The zero-order valence-electron chi connectivity index (χ0n) is 30.2. The van der Waals surface area contributed by atoms with Gasteiger partial charge in [0.15, 0.2) is 0 Å². The van der Waals surface area contributed by atoms with Gasteiger partial charge in [0.25, 0.3) is 0 Å². The molecule has 2 N–H and O–H groups in total. The first kappa shape index (κ1) is 36.9. The number of carbonyl (C=O) groups excluding carboxylic acids is 3. The third-order valence-electron chi connectivity index (χ3n) is 12.1. The van der Waals surface area contributed by atoms with Crippen LogP contribution in [0.15, 0.2) is 58.9 Å². The minimum Gasteiger partial charge on any atom is -0.329 e. The number of rotatable bonds is 14. The fourth-order valence-electron chi connectivity index (χ4n) is 8.87. The Morgan fingerprint density at radius 1 is 0.933 bits per heavy atom. The Morgan fingerprint density at radius 2 is 1.53 bits per heavy atom. The van der Waals surface area contributed by atoms with Crippen molar-refractivity contribution < 1.29 is 14.4 Å². The van der Waals surface area contributed by atoms with E-state index in [1.165, 1.54) is 22.3 Å². The number of allylic oxidation sites excluding steroid dienone is 6. The molecule has 0 bridgehead atoms. The summed E-state index contributed by atoms with van der Waals surface area (Å²) in [6, 6.07) is 0.384. The Labute approximate surface area is 274 Å². The van der Waals surface area contributed by atoms with Gasteiger partial charge in [-0.05, 0) is 80.9 Å². The van der Waals surface area contributed by atoms with Gasteiger partial charge in [-0.15, -0.1) is 6.58 Å². The second-order valence-electron chi connectivity index (χ2n) is 14.8. The number of hydrogen-bond acceptors (Lipinski definition) is 4. The van der Waals surface area contributed by atoms with Crippen LogP contribution in [0.5, 0.6) is 0 Å². The predicted octanol–water partition coefficient (Wildman–Crippen LogP) is 8.54. The molecule has 45 heavy (non-hydrogen) atoms. The van der Waals surface area contributed by atoms with Crippen LogP contribution in [0.1, 0.15) is 108 Å². The molecule has 3 rings (SSSR count). The maximum absolute atomic E-state index is 13.9. The van der Waals surface area contributed by atoms with E-state index in [-0.39, 0.29) is 77.0 Å². The molecule has 2 aliphatic heterocycles. The summed E-state index contributed by atoms with van der Waals surface area (Å²) < 4.78 is 0. The molecule has 5 heteroatoms. The summed E-state index contributed by atoms with van der Waals surface area (Å²) in [5, 5.41) is 7.06. The van der Waals surface area contributed by atoms with Gasteiger partial charge in [0.05, 0.1) is 5.92 Å². The summed E-state index contributed by atoms with van der Waals surface area (Å²) in [5.74, 6) is 1.40. The molecular weight excluding hydrogens is 556 g/mol. The molecule has 1 saturated carbocycles. The van der Waals surface area contributed by atoms with E-state index in [4.69, 9.17) is 0 Å². The van der Waals surface area contributed by atoms with Crippen LogP contribution >= 0.6 is 0 Å². The van der Waals surface area contributed by atoms with Crippen molar-refractivity contribution in [3.8, 4) is 0 Å². The number of Topliss-reactive ketones (excluding diaryl/α,β-unsaturated/α-hetero) is 2. The number of ketones is 2. The van der Waals surface area contributed by atoms with Gasteiger partial charge in [0, 0.05) is 41.5 Å². The highest BCUT2D eigenvalue weighted by Gasteiger charge is 2.57. The van der Waals surface area contributed by atoms with E-state index < -0.39 is 0 Å². The smallest absolute Gasteiger partial charge is 0.231 e. The molecule has 3 fully saturated rings. The summed E-state index contributed by atoms with van der Waals surface area (Å²) in [4.78, 5) is 38.6. The van der Waals surface area contributed by atoms with Crippen LogP contribution in [-0.2, 0) is 14.4 Å². The Morgan fingerprint density at radius 3 is 2.07 bits per heavy atom. The Hall–Kier alpha value is -2.53. The number of nitrogens with one attached hydrogen (secondary N) is 2. The molecule has 0 aromatic rings. The molecule has 11 atom stereocenters. The third-order valence-corrected chi connectivity index (χ3v) is 12.1. The minimum absolute atomic E-state index is 0.00429. The zero-order chi connectivity index (χ0) is 33.9. The van der Waals surface area contributed by atoms with Gasteiger partial charge in [0.2, 0.25) is 5.91 Å². The zero-order valence-corrected chi connectivity index (χ0v) is 30.2. The molecule has 0 radical (unpaired) electrons. The molecule has 250 valence electrons. The van der Waals surface area contributed by atoms with Crippen LogP contribution < -0.4 is 10.6 Å². The van der Waals surface area contributed by atoms with Crippen molar-refractivity contribution >= 4 is 17.5 Å². The topological polar surface area (TPSA) is 75.3 Å². The average molecular weight is 619 g/mol. The summed E-state index contributed by atoms with van der Waals surface area (Å²) in [5.41, 5.74) is 7.16. The number of amides is 1. The molecule has 1 amide bonds. The Bertz CT molecular complexity index is 1270. The van der Waals surface area contributed by atoms with Crippen LogP contribution in [0.4, 0.5) is 0 Å². The van der Waals surface area contributed by atoms with E-state index in [1.807, 2.05) is 6.08 Å². The summed E-state index contributed by atoms with van der Waals surface area (Å²) in [6.45, 7) is 31.9. The molecule has 2 saturated heterocycles. The molecule has 0 aromatic heterocycles. The van der Waals surface area contributed by atoms with Crippen molar-refractivity contribution in [1.29, 1.82) is 0 Å². The molecule has 0 aromatic carbocycles. The van der Waals surface area contributed by atoms with E-state index in [1.54, 1.807) is 13.0 Å². The van der Waals surface area contributed by atoms with E-state index >= 15 is 0 Å². The van der Waals surface area contributed by atoms with Crippen molar-refractivity contribution in [3.63, 3.8) is 0 Å². The van der Waals surface area contributed by atoms with E-state index in [0.717, 1.165) is 43.4 Å². The Kier molecular flexibility index (Phi) is 12.6. The summed E-state index contributed by atoms with van der Waals surface area (Å²) in [6.07, 6.45) is 8.72. The first-order valence-electron chi connectivity index (χ1n) is 17.6. The number of hydrogen-bond donors (Lipinski definition) is 2. The van der Waals surface area contributed by atoms with E-state index in [0.29, 0.717) is 5.78 Å². The lowest BCUT2D eigenvalue weighted by Gasteiger charge is -2.32. The van der Waals surface area contributed by atoms with Gasteiger partial charge in [-0.25, -0.2) is 0 Å². The van der Waals surface area contributed by atoms with Gasteiger partial charge in [-0.1, -0.05) is 97.6 Å². The quantitative estimate of drug-likeness (QED) is 0.151. The van der Waals surface area contributed by atoms with Crippen molar-refractivity contribution in [2.45, 2.75) is 120 Å². The van der Waals surface area contributed by atoms with Crippen LogP contribution in [0.3, 0.4) is 0 Å². The molecule has 2 heterocycles. The van der Waals surface area contributed by atoms with E-state index in [2.05, 4.69) is 93.0 Å². The first-order valence-corrected chi connectivity index (χ1v) is 17.6. The normalized spacial score (nSPS) is 33.7. The molecular formula is C40H62N2O3. The van der Waals surface area contributed by atoms with Crippen molar-refractivity contribution in [1.82, 2.24) is 10.6 Å².